The number of ether oxygens (including phenoxy) is 1. The normalized spacial score (nSPS) is 16.4. The zero-order valence-electron chi connectivity index (χ0n) is 14.7. The van der Waals surface area contributed by atoms with Crippen molar-refractivity contribution < 1.29 is 9.53 Å². The number of hydrogen-bond acceptors (Lipinski definition) is 3. The van der Waals surface area contributed by atoms with Crippen molar-refractivity contribution in [3.8, 4) is 17.0 Å². The van der Waals surface area contributed by atoms with Crippen LogP contribution in [0.1, 0.15) is 31.9 Å². The largest absolute Gasteiger partial charge is 0.487 e. The Hall–Kier alpha value is -2.36. The van der Waals surface area contributed by atoms with E-state index in [2.05, 4.69) is 29.4 Å². The highest BCUT2D eigenvalue weighted by atomic mass is 16.5. The molecule has 0 saturated heterocycles. The smallest absolute Gasteiger partial charge is 0.225 e. The number of rotatable bonds is 3. The first kappa shape index (κ1) is 16.5. The lowest BCUT2D eigenvalue weighted by Gasteiger charge is -2.20. The Bertz CT molecular complexity index is 762. The summed E-state index contributed by atoms with van der Waals surface area (Å²) in [6.07, 6.45) is 2.58. The molecule has 1 N–H and O–H groups in total. The Labute approximate surface area is 143 Å². The highest BCUT2D eigenvalue weighted by molar-refractivity contribution is 5.81. The van der Waals surface area contributed by atoms with Gasteiger partial charge in [0.1, 0.15) is 11.9 Å². The molecule has 3 rings (SSSR count). The van der Waals surface area contributed by atoms with Gasteiger partial charge in [0.05, 0.1) is 12.2 Å². The third-order valence-corrected chi connectivity index (χ3v) is 4.26. The zero-order chi connectivity index (χ0) is 17.3. The lowest BCUT2D eigenvalue weighted by atomic mass is 9.95. The summed E-state index contributed by atoms with van der Waals surface area (Å²) in [5.41, 5.74) is 3.89. The van der Waals surface area contributed by atoms with Crippen LogP contribution in [0.4, 0.5) is 0 Å². The fraction of sp³-hybridized carbons (Fsp3) is 0.400. The van der Waals surface area contributed by atoms with Crippen molar-refractivity contribution in [1.82, 2.24) is 10.3 Å². The number of para-hydroxylation sites is 1. The lowest BCUT2D eigenvalue weighted by Crippen LogP contribution is -2.40. The SMILES string of the molecule is Cc1cccnc1-c1cccc2c1O[C@H](CNC(=O)C(C)(C)C)C2. The molecule has 0 radical (unpaired) electrons. The molecule has 0 bridgehead atoms. The molecule has 1 aliphatic rings. The molecule has 1 atom stereocenters. The van der Waals surface area contributed by atoms with Crippen LogP contribution in [0.15, 0.2) is 36.5 Å². The van der Waals surface area contributed by atoms with E-state index in [-0.39, 0.29) is 17.4 Å². The minimum Gasteiger partial charge on any atom is -0.487 e. The van der Waals surface area contributed by atoms with Gasteiger partial charge in [-0.25, -0.2) is 0 Å². The summed E-state index contributed by atoms with van der Waals surface area (Å²) < 4.78 is 6.16. The van der Waals surface area contributed by atoms with Crippen LogP contribution in [0.5, 0.6) is 5.75 Å². The molecule has 24 heavy (non-hydrogen) atoms. The number of aryl methyl sites for hydroxylation is 1. The van der Waals surface area contributed by atoms with Crippen LogP contribution in [-0.4, -0.2) is 23.5 Å². The fourth-order valence-electron chi connectivity index (χ4n) is 2.88. The van der Waals surface area contributed by atoms with Gasteiger partial charge >= 0.3 is 0 Å². The molecule has 4 heteroatoms. The van der Waals surface area contributed by atoms with Gasteiger partial charge < -0.3 is 10.1 Å². The first-order chi connectivity index (χ1) is 11.4. The van der Waals surface area contributed by atoms with Gasteiger partial charge in [-0.1, -0.05) is 39.0 Å². The molecule has 0 aliphatic carbocycles. The van der Waals surface area contributed by atoms with E-state index < -0.39 is 0 Å². The topological polar surface area (TPSA) is 51.2 Å². The van der Waals surface area contributed by atoms with Crippen molar-refractivity contribution in [2.24, 2.45) is 5.41 Å². The summed E-state index contributed by atoms with van der Waals surface area (Å²) in [6.45, 7) is 8.31. The second-order valence-electron chi connectivity index (χ2n) is 7.37. The molecule has 0 saturated carbocycles. The first-order valence-electron chi connectivity index (χ1n) is 8.35. The molecular weight excluding hydrogens is 300 g/mol. The number of carbonyl (C=O) groups is 1. The van der Waals surface area contributed by atoms with Gasteiger partial charge in [-0.15, -0.1) is 0 Å². The second kappa shape index (κ2) is 6.27. The van der Waals surface area contributed by atoms with E-state index in [0.717, 1.165) is 29.0 Å². The van der Waals surface area contributed by atoms with Crippen LogP contribution < -0.4 is 10.1 Å². The number of nitrogens with zero attached hydrogens (tertiary/aromatic N) is 1. The van der Waals surface area contributed by atoms with Gasteiger partial charge in [-0.05, 0) is 30.2 Å². The van der Waals surface area contributed by atoms with Crippen molar-refractivity contribution >= 4 is 5.91 Å². The molecule has 1 aromatic carbocycles. The monoisotopic (exact) mass is 324 g/mol. The average Bonchev–Trinajstić information content (AvgIpc) is 2.95. The van der Waals surface area contributed by atoms with Gasteiger partial charge in [0.15, 0.2) is 0 Å². The van der Waals surface area contributed by atoms with Gasteiger partial charge in [-0.3, -0.25) is 9.78 Å². The molecule has 1 amide bonds. The third kappa shape index (κ3) is 3.28. The lowest BCUT2D eigenvalue weighted by molar-refractivity contribution is -0.128. The van der Waals surface area contributed by atoms with Crippen LogP contribution in [0.25, 0.3) is 11.3 Å². The van der Waals surface area contributed by atoms with Crippen molar-refractivity contribution in [3.05, 3.63) is 47.7 Å². The van der Waals surface area contributed by atoms with Crippen molar-refractivity contribution in [2.45, 2.75) is 40.2 Å². The van der Waals surface area contributed by atoms with E-state index in [4.69, 9.17) is 4.74 Å². The zero-order valence-corrected chi connectivity index (χ0v) is 14.7. The van der Waals surface area contributed by atoms with Gasteiger partial charge in [0, 0.05) is 23.6 Å². The van der Waals surface area contributed by atoms with E-state index in [9.17, 15) is 4.79 Å². The van der Waals surface area contributed by atoms with E-state index in [1.807, 2.05) is 39.0 Å². The predicted octanol–water partition coefficient (Wildman–Crippen LogP) is 3.52. The summed E-state index contributed by atoms with van der Waals surface area (Å²) >= 11 is 0. The van der Waals surface area contributed by atoms with E-state index >= 15 is 0 Å². The first-order valence-corrected chi connectivity index (χ1v) is 8.35. The quantitative estimate of drug-likeness (QED) is 0.940. The molecule has 0 unspecified atom stereocenters. The average molecular weight is 324 g/mol. The standard InChI is InChI=1S/C20H24N2O2/c1-13-7-6-10-21-17(13)16-9-5-8-14-11-15(24-18(14)16)12-22-19(23)20(2,3)4/h5-10,15H,11-12H2,1-4H3,(H,22,23)/t15-/m0/s1. The number of pyridine rings is 1. The molecule has 1 aliphatic heterocycles. The van der Waals surface area contributed by atoms with Crippen LogP contribution >= 0.6 is 0 Å². The number of hydrogen-bond donors (Lipinski definition) is 1. The van der Waals surface area contributed by atoms with Gasteiger partial charge in [-0.2, -0.15) is 0 Å². The van der Waals surface area contributed by atoms with Crippen molar-refractivity contribution in [1.29, 1.82) is 0 Å². The number of carbonyl (C=O) groups excluding carboxylic acids is 1. The summed E-state index contributed by atoms with van der Waals surface area (Å²) in [4.78, 5) is 16.6. The maximum atomic E-state index is 12.1. The molecule has 0 spiro atoms. The number of benzene rings is 1. The molecule has 1 aromatic heterocycles. The Balaban J connectivity index is 1.78. The van der Waals surface area contributed by atoms with Crippen LogP contribution in [0.2, 0.25) is 0 Å². The summed E-state index contributed by atoms with van der Waals surface area (Å²) in [7, 11) is 0. The van der Waals surface area contributed by atoms with E-state index in [1.165, 1.54) is 5.56 Å². The molecule has 2 aromatic rings. The van der Waals surface area contributed by atoms with Crippen molar-refractivity contribution in [2.75, 3.05) is 6.54 Å². The highest BCUT2D eigenvalue weighted by Gasteiger charge is 2.28. The van der Waals surface area contributed by atoms with Gasteiger partial charge in [0.2, 0.25) is 5.91 Å². The summed E-state index contributed by atoms with van der Waals surface area (Å²) in [5, 5.41) is 2.99. The molecular formula is C20H24N2O2. The Kier molecular flexibility index (Phi) is 4.31. The number of nitrogens with one attached hydrogen (secondary N) is 1. The Morgan fingerprint density at radius 1 is 1.29 bits per heavy atom. The van der Waals surface area contributed by atoms with Gasteiger partial charge in [0.25, 0.3) is 0 Å². The number of fused-ring (bicyclic) bond motifs is 1. The fourth-order valence-corrected chi connectivity index (χ4v) is 2.88. The third-order valence-electron chi connectivity index (χ3n) is 4.26. The number of amides is 1. The number of aromatic nitrogens is 1. The van der Waals surface area contributed by atoms with Crippen LogP contribution in [0.3, 0.4) is 0 Å². The van der Waals surface area contributed by atoms with E-state index in [0.29, 0.717) is 6.54 Å². The molecule has 0 fully saturated rings. The maximum absolute atomic E-state index is 12.1. The minimum absolute atomic E-state index is 0.0310. The second-order valence-corrected chi connectivity index (χ2v) is 7.37. The predicted molar refractivity (Wildman–Crippen MR) is 95.0 cm³/mol. The maximum Gasteiger partial charge on any atom is 0.225 e. The Morgan fingerprint density at radius 2 is 2.08 bits per heavy atom. The highest BCUT2D eigenvalue weighted by Crippen LogP contribution is 2.38. The Morgan fingerprint density at radius 3 is 2.79 bits per heavy atom. The molecule has 126 valence electrons. The van der Waals surface area contributed by atoms with E-state index in [1.54, 1.807) is 6.20 Å². The van der Waals surface area contributed by atoms with Crippen LogP contribution in [0, 0.1) is 12.3 Å². The molecule has 4 nitrogen and oxygen atoms in total. The summed E-state index contributed by atoms with van der Waals surface area (Å²) in [5.74, 6) is 0.942. The molecule has 2 heterocycles. The minimum atomic E-state index is -0.387. The van der Waals surface area contributed by atoms with Crippen LogP contribution in [-0.2, 0) is 11.2 Å². The summed E-state index contributed by atoms with van der Waals surface area (Å²) in [6, 6.07) is 10.2. The van der Waals surface area contributed by atoms with Crippen molar-refractivity contribution in [3.63, 3.8) is 0 Å².